The fourth-order valence-corrected chi connectivity index (χ4v) is 5.17. The number of hydrogen-bond donors (Lipinski definition) is 0. The number of carbonyl (C=O) groups is 1. The average Bonchev–Trinajstić information content (AvgIpc) is 3.11. The zero-order valence-corrected chi connectivity index (χ0v) is 22.0. The van der Waals surface area contributed by atoms with Gasteiger partial charge in [0.15, 0.2) is 0 Å². The average molecular weight is 474 g/mol. The van der Waals surface area contributed by atoms with Crippen LogP contribution >= 0.6 is 7.75 Å². The van der Waals surface area contributed by atoms with Crippen LogP contribution < -0.4 is 0 Å². The van der Waals surface area contributed by atoms with E-state index in [1.807, 2.05) is 0 Å². The molecule has 32 heavy (non-hydrogen) atoms. The van der Waals surface area contributed by atoms with Crippen molar-refractivity contribution < 1.29 is 23.1 Å². The quantitative estimate of drug-likeness (QED) is 0.120. The minimum absolute atomic E-state index is 0.212. The fourth-order valence-electron chi connectivity index (χ4n) is 3.58. The van der Waals surface area contributed by atoms with Gasteiger partial charge < -0.3 is 4.74 Å². The summed E-state index contributed by atoms with van der Waals surface area (Å²) in [5.41, 5.74) is -0.645. The number of amides is 1. The van der Waals surface area contributed by atoms with Gasteiger partial charge in [-0.3, -0.25) is 9.05 Å². The lowest BCUT2D eigenvalue weighted by Crippen LogP contribution is -2.33. The SMILES string of the molecule is CCCCCCCC/C=C/CCCCCCCCOP1(=O)OCCN1C(=O)OC(C)(C)C. The number of ether oxygens (including phenoxy) is 1. The molecule has 188 valence electrons. The van der Waals surface area contributed by atoms with Crippen LogP contribution in [-0.4, -0.2) is 36.1 Å². The predicted molar refractivity (Wildman–Crippen MR) is 132 cm³/mol. The molecule has 0 bridgehead atoms. The van der Waals surface area contributed by atoms with E-state index < -0.39 is 19.4 Å². The summed E-state index contributed by atoms with van der Waals surface area (Å²) in [5.74, 6) is 0. The topological polar surface area (TPSA) is 65.1 Å². The summed E-state index contributed by atoms with van der Waals surface area (Å²) in [4.78, 5) is 12.2. The zero-order valence-electron chi connectivity index (χ0n) is 21.1. The van der Waals surface area contributed by atoms with Crippen LogP contribution in [0.25, 0.3) is 0 Å². The highest BCUT2D eigenvalue weighted by Gasteiger charge is 2.44. The molecule has 1 amide bonds. The highest BCUT2D eigenvalue weighted by molar-refractivity contribution is 7.52. The van der Waals surface area contributed by atoms with Gasteiger partial charge in [0.25, 0.3) is 0 Å². The number of hydrogen-bond acceptors (Lipinski definition) is 5. The number of carbonyl (C=O) groups excluding carboxylic acids is 1. The molecule has 1 aliphatic heterocycles. The second-order valence-corrected chi connectivity index (χ2v) is 11.6. The van der Waals surface area contributed by atoms with Crippen LogP contribution in [0.1, 0.15) is 118 Å². The first-order chi connectivity index (χ1) is 15.3. The highest BCUT2D eigenvalue weighted by atomic mass is 31.2. The van der Waals surface area contributed by atoms with Gasteiger partial charge in [0.1, 0.15) is 5.60 Å². The molecule has 0 aromatic heterocycles. The molecule has 1 rings (SSSR count). The molecule has 1 heterocycles. The third-order valence-corrected chi connectivity index (χ3v) is 7.34. The maximum Gasteiger partial charge on any atom is 0.440 e. The molecule has 0 radical (unpaired) electrons. The molecule has 0 aromatic carbocycles. The van der Waals surface area contributed by atoms with Crippen LogP contribution in [0.15, 0.2) is 12.2 Å². The van der Waals surface area contributed by atoms with Gasteiger partial charge in [-0.2, -0.15) is 0 Å². The number of rotatable bonds is 17. The van der Waals surface area contributed by atoms with Gasteiger partial charge >= 0.3 is 13.8 Å². The molecule has 1 aliphatic rings. The van der Waals surface area contributed by atoms with Gasteiger partial charge in [-0.25, -0.2) is 14.0 Å². The molecule has 0 N–H and O–H groups in total. The Morgan fingerprint density at radius 3 is 2.00 bits per heavy atom. The molecule has 0 spiro atoms. The molecule has 0 aromatic rings. The van der Waals surface area contributed by atoms with Gasteiger partial charge in [0.2, 0.25) is 0 Å². The van der Waals surface area contributed by atoms with E-state index in [0.29, 0.717) is 6.61 Å². The maximum atomic E-state index is 12.8. The summed E-state index contributed by atoms with van der Waals surface area (Å²) in [5, 5.41) is 0. The van der Waals surface area contributed by atoms with Crippen molar-refractivity contribution in [1.29, 1.82) is 0 Å². The van der Waals surface area contributed by atoms with E-state index >= 15 is 0 Å². The Kier molecular flexibility index (Phi) is 15.3. The minimum Gasteiger partial charge on any atom is -0.443 e. The van der Waals surface area contributed by atoms with E-state index in [9.17, 15) is 9.36 Å². The van der Waals surface area contributed by atoms with E-state index in [2.05, 4.69) is 19.1 Å². The first-order valence-electron chi connectivity index (χ1n) is 12.8. The first-order valence-corrected chi connectivity index (χ1v) is 14.3. The Labute approximate surface area is 197 Å². The van der Waals surface area contributed by atoms with Crippen LogP contribution in [0.4, 0.5) is 4.79 Å². The molecule has 7 heteroatoms. The lowest BCUT2D eigenvalue weighted by atomic mass is 10.1. The lowest BCUT2D eigenvalue weighted by molar-refractivity contribution is 0.0378. The van der Waals surface area contributed by atoms with Crippen molar-refractivity contribution >= 4 is 13.8 Å². The van der Waals surface area contributed by atoms with E-state index in [-0.39, 0.29) is 13.2 Å². The normalized spacial score (nSPS) is 19.2. The summed E-state index contributed by atoms with van der Waals surface area (Å²) < 4.78 is 30.0. The van der Waals surface area contributed by atoms with Crippen molar-refractivity contribution in [3.8, 4) is 0 Å². The molecule has 1 unspecified atom stereocenters. The number of nitrogens with zero attached hydrogens (tertiary/aromatic N) is 1. The Balaban J connectivity index is 1.99. The van der Waals surface area contributed by atoms with Crippen LogP contribution in [0, 0.1) is 0 Å². The van der Waals surface area contributed by atoms with E-state index in [1.165, 1.54) is 70.6 Å². The van der Waals surface area contributed by atoms with Gasteiger partial charge in [0, 0.05) is 0 Å². The van der Waals surface area contributed by atoms with Crippen LogP contribution in [0.2, 0.25) is 0 Å². The molecule has 1 atom stereocenters. The van der Waals surface area contributed by atoms with Crippen molar-refractivity contribution in [3.63, 3.8) is 0 Å². The Bertz CT molecular complexity index is 573. The van der Waals surface area contributed by atoms with Crippen molar-refractivity contribution in [1.82, 2.24) is 4.67 Å². The summed E-state index contributed by atoms with van der Waals surface area (Å²) in [6.07, 6.45) is 21.3. The molecule has 6 nitrogen and oxygen atoms in total. The van der Waals surface area contributed by atoms with Crippen molar-refractivity contribution in [2.24, 2.45) is 0 Å². The monoisotopic (exact) mass is 473 g/mol. The summed E-state index contributed by atoms with van der Waals surface area (Å²) >= 11 is 0. The van der Waals surface area contributed by atoms with Gasteiger partial charge in [0.05, 0.1) is 19.8 Å². The van der Waals surface area contributed by atoms with Gasteiger partial charge in [-0.05, 0) is 52.9 Å². The van der Waals surface area contributed by atoms with E-state index in [4.69, 9.17) is 13.8 Å². The number of unbranched alkanes of at least 4 members (excludes halogenated alkanes) is 12. The van der Waals surface area contributed by atoms with Crippen LogP contribution in [0.3, 0.4) is 0 Å². The van der Waals surface area contributed by atoms with E-state index in [1.54, 1.807) is 20.8 Å². The van der Waals surface area contributed by atoms with Crippen molar-refractivity contribution in [2.45, 2.75) is 123 Å². The smallest absolute Gasteiger partial charge is 0.440 e. The number of allylic oxidation sites excluding steroid dienone is 2. The van der Waals surface area contributed by atoms with Crippen LogP contribution in [-0.2, 0) is 18.3 Å². The van der Waals surface area contributed by atoms with E-state index in [0.717, 1.165) is 23.9 Å². The third kappa shape index (κ3) is 13.6. The largest absolute Gasteiger partial charge is 0.443 e. The molecular formula is C25H48NO5P. The molecule has 0 aliphatic carbocycles. The highest BCUT2D eigenvalue weighted by Crippen LogP contribution is 2.56. The predicted octanol–water partition coefficient (Wildman–Crippen LogP) is 8.42. The molecular weight excluding hydrogens is 425 g/mol. The van der Waals surface area contributed by atoms with Gasteiger partial charge in [-0.1, -0.05) is 76.9 Å². The Morgan fingerprint density at radius 1 is 0.906 bits per heavy atom. The Hall–Kier alpha value is -0.840. The fraction of sp³-hybridized carbons (Fsp3) is 0.880. The third-order valence-electron chi connectivity index (χ3n) is 5.37. The Morgan fingerprint density at radius 2 is 1.44 bits per heavy atom. The minimum atomic E-state index is -3.56. The summed E-state index contributed by atoms with van der Waals surface area (Å²) in [7, 11) is -3.56. The maximum absolute atomic E-state index is 12.8. The molecule has 1 saturated heterocycles. The van der Waals surface area contributed by atoms with Crippen LogP contribution in [0.5, 0.6) is 0 Å². The summed E-state index contributed by atoms with van der Waals surface area (Å²) in [6.45, 7) is 8.37. The zero-order chi connectivity index (χ0) is 23.7. The van der Waals surface area contributed by atoms with Crippen molar-refractivity contribution in [2.75, 3.05) is 19.8 Å². The van der Waals surface area contributed by atoms with Crippen molar-refractivity contribution in [3.05, 3.63) is 12.2 Å². The molecule has 1 fully saturated rings. The second-order valence-electron chi connectivity index (χ2n) is 9.68. The summed E-state index contributed by atoms with van der Waals surface area (Å²) in [6, 6.07) is 0. The first kappa shape index (κ1) is 29.2. The lowest BCUT2D eigenvalue weighted by Gasteiger charge is -2.26. The van der Waals surface area contributed by atoms with Gasteiger partial charge in [-0.15, -0.1) is 0 Å². The molecule has 0 saturated carbocycles. The standard InChI is InChI=1S/C25H48NO5P/c1-5-6-7-8-9-10-11-12-13-14-15-16-17-18-19-20-22-29-32(28)26(21-23-30-32)24(27)31-25(2,3)4/h12-13H,5-11,14-23H2,1-4H3/b13-12+. The second kappa shape index (κ2) is 16.7.